The van der Waals surface area contributed by atoms with Crippen LogP contribution in [0.15, 0.2) is 29.6 Å². The maximum absolute atomic E-state index is 12.4. The zero-order valence-electron chi connectivity index (χ0n) is 15.4. The zero-order chi connectivity index (χ0) is 18.9. The van der Waals surface area contributed by atoms with Crippen molar-refractivity contribution in [2.24, 2.45) is 0 Å². The Kier molecular flexibility index (Phi) is 5.00. The Morgan fingerprint density at radius 1 is 1.35 bits per heavy atom. The van der Waals surface area contributed by atoms with Crippen molar-refractivity contribution in [2.45, 2.75) is 45.6 Å². The minimum absolute atomic E-state index is 0.0560. The van der Waals surface area contributed by atoms with E-state index in [0.29, 0.717) is 23.1 Å². The minimum Gasteiger partial charge on any atom is -0.479 e. The number of amides is 2. The number of carbonyl (C=O) groups excluding carboxylic acids is 2. The van der Waals surface area contributed by atoms with Gasteiger partial charge in [0.05, 0.1) is 11.4 Å². The van der Waals surface area contributed by atoms with Crippen LogP contribution in [-0.4, -0.2) is 29.4 Å². The molecule has 1 aromatic heterocycles. The Morgan fingerprint density at radius 2 is 2.08 bits per heavy atom. The Bertz CT molecular complexity index is 825. The molecule has 1 aromatic carbocycles. The van der Waals surface area contributed by atoms with Crippen molar-refractivity contribution in [3.63, 3.8) is 0 Å². The molecular weight excluding hydrogens is 350 g/mol. The fourth-order valence-corrected chi connectivity index (χ4v) is 3.61. The van der Waals surface area contributed by atoms with Gasteiger partial charge in [-0.05, 0) is 19.1 Å². The molecule has 3 rings (SSSR count). The summed E-state index contributed by atoms with van der Waals surface area (Å²) < 4.78 is 5.61. The van der Waals surface area contributed by atoms with E-state index in [1.165, 1.54) is 11.3 Å². The summed E-state index contributed by atoms with van der Waals surface area (Å²) in [5.41, 5.74) is 1.59. The molecule has 138 valence electrons. The molecule has 0 bridgehead atoms. The van der Waals surface area contributed by atoms with Gasteiger partial charge in [-0.3, -0.25) is 9.59 Å². The van der Waals surface area contributed by atoms with Gasteiger partial charge in [0.25, 0.3) is 5.91 Å². The molecule has 6 nitrogen and oxygen atoms in total. The minimum atomic E-state index is -0.554. The second-order valence-electron chi connectivity index (χ2n) is 7.30. The van der Waals surface area contributed by atoms with Crippen LogP contribution in [0, 0.1) is 0 Å². The maximum atomic E-state index is 12.4. The van der Waals surface area contributed by atoms with E-state index in [1.807, 2.05) is 29.6 Å². The average Bonchev–Trinajstić information content (AvgIpc) is 3.04. The molecule has 0 fully saturated rings. The molecule has 1 atom stereocenters. The van der Waals surface area contributed by atoms with Crippen LogP contribution >= 0.6 is 11.3 Å². The molecule has 1 unspecified atom stereocenters. The number of hydrogen-bond acceptors (Lipinski definition) is 5. The van der Waals surface area contributed by atoms with Gasteiger partial charge in [-0.15, -0.1) is 11.3 Å². The monoisotopic (exact) mass is 373 g/mol. The van der Waals surface area contributed by atoms with Gasteiger partial charge in [-0.2, -0.15) is 0 Å². The van der Waals surface area contributed by atoms with Gasteiger partial charge in [0.2, 0.25) is 5.91 Å². The van der Waals surface area contributed by atoms with E-state index < -0.39 is 6.10 Å². The normalized spacial score (nSPS) is 16.8. The Balaban J connectivity index is 1.64. The highest BCUT2D eigenvalue weighted by atomic mass is 32.1. The van der Waals surface area contributed by atoms with E-state index in [1.54, 1.807) is 11.8 Å². The van der Waals surface area contributed by atoms with E-state index in [2.05, 4.69) is 31.1 Å². The molecule has 2 amide bonds. The van der Waals surface area contributed by atoms with Gasteiger partial charge in [0.15, 0.2) is 11.2 Å². The molecule has 26 heavy (non-hydrogen) atoms. The molecule has 1 aliphatic heterocycles. The molecule has 2 aromatic rings. The predicted octanol–water partition coefficient (Wildman–Crippen LogP) is 3.58. The summed E-state index contributed by atoms with van der Waals surface area (Å²) >= 11 is 1.41. The standard InChI is InChI=1S/C19H23N3O3S/c1-12-17(24)22(13-7-5-6-8-14(13)25-12)10-9-16(23)21-18-20-15(11-26-18)19(2,3)4/h5-8,11-12H,9-10H2,1-4H3,(H,20,21,23). The van der Waals surface area contributed by atoms with Gasteiger partial charge < -0.3 is 15.0 Å². The fraction of sp³-hybridized carbons (Fsp3) is 0.421. The van der Waals surface area contributed by atoms with E-state index in [9.17, 15) is 9.59 Å². The van der Waals surface area contributed by atoms with Gasteiger partial charge in [0, 0.05) is 23.8 Å². The van der Waals surface area contributed by atoms with Crippen LogP contribution in [0.1, 0.15) is 39.8 Å². The van der Waals surface area contributed by atoms with Crippen molar-refractivity contribution in [3.05, 3.63) is 35.3 Å². The average molecular weight is 373 g/mol. The summed E-state index contributed by atoms with van der Waals surface area (Å²) in [6.45, 7) is 8.25. The molecule has 0 saturated heterocycles. The lowest BCUT2D eigenvalue weighted by atomic mass is 9.93. The number of anilines is 2. The Morgan fingerprint density at radius 3 is 2.77 bits per heavy atom. The second-order valence-corrected chi connectivity index (χ2v) is 8.16. The van der Waals surface area contributed by atoms with Gasteiger partial charge in [0.1, 0.15) is 5.75 Å². The number of rotatable bonds is 4. The quantitative estimate of drug-likeness (QED) is 0.889. The maximum Gasteiger partial charge on any atom is 0.267 e. The van der Waals surface area contributed by atoms with Crippen molar-refractivity contribution in [1.29, 1.82) is 0 Å². The van der Waals surface area contributed by atoms with Crippen LogP contribution in [0.5, 0.6) is 5.75 Å². The lowest BCUT2D eigenvalue weighted by Gasteiger charge is -2.32. The SMILES string of the molecule is CC1Oc2ccccc2N(CCC(=O)Nc2nc(C(C)(C)C)cs2)C1=O. The molecular formula is C19H23N3O3S. The Labute approximate surface area is 157 Å². The number of fused-ring (bicyclic) bond motifs is 1. The first-order valence-corrected chi connectivity index (χ1v) is 9.46. The molecule has 7 heteroatoms. The third-order valence-electron chi connectivity index (χ3n) is 4.16. The topological polar surface area (TPSA) is 71.5 Å². The van der Waals surface area contributed by atoms with Crippen LogP contribution in [-0.2, 0) is 15.0 Å². The number of para-hydroxylation sites is 2. The van der Waals surface area contributed by atoms with Gasteiger partial charge >= 0.3 is 0 Å². The number of thiazole rings is 1. The van der Waals surface area contributed by atoms with Crippen molar-refractivity contribution in [1.82, 2.24) is 4.98 Å². The largest absolute Gasteiger partial charge is 0.479 e. The Hall–Kier alpha value is -2.41. The van der Waals surface area contributed by atoms with E-state index in [-0.39, 0.29) is 23.7 Å². The summed E-state index contributed by atoms with van der Waals surface area (Å²) in [5, 5.41) is 5.37. The number of carbonyl (C=O) groups is 2. The van der Waals surface area contributed by atoms with E-state index >= 15 is 0 Å². The number of ether oxygens (including phenoxy) is 1. The van der Waals surface area contributed by atoms with Gasteiger partial charge in [-0.1, -0.05) is 32.9 Å². The summed E-state index contributed by atoms with van der Waals surface area (Å²) in [4.78, 5) is 30.8. The fourth-order valence-electron chi connectivity index (χ4n) is 2.66. The van der Waals surface area contributed by atoms with Crippen LogP contribution in [0.3, 0.4) is 0 Å². The summed E-state index contributed by atoms with van der Waals surface area (Å²) in [5.74, 6) is 0.361. The molecule has 1 aliphatic rings. The lowest BCUT2D eigenvalue weighted by molar-refractivity contribution is -0.125. The van der Waals surface area contributed by atoms with Crippen LogP contribution in [0.25, 0.3) is 0 Å². The number of benzene rings is 1. The first-order valence-electron chi connectivity index (χ1n) is 8.58. The molecule has 0 spiro atoms. The summed E-state index contributed by atoms with van der Waals surface area (Å²) in [6.07, 6.45) is -0.363. The third-order valence-corrected chi connectivity index (χ3v) is 4.91. The predicted molar refractivity (Wildman–Crippen MR) is 103 cm³/mol. The number of nitrogens with one attached hydrogen (secondary N) is 1. The zero-order valence-corrected chi connectivity index (χ0v) is 16.2. The van der Waals surface area contributed by atoms with Gasteiger partial charge in [-0.25, -0.2) is 4.98 Å². The van der Waals surface area contributed by atoms with Crippen molar-refractivity contribution in [2.75, 3.05) is 16.8 Å². The number of aromatic nitrogens is 1. The molecule has 0 saturated carbocycles. The highest BCUT2D eigenvalue weighted by Crippen LogP contribution is 2.33. The first kappa shape index (κ1) is 18.4. The van der Waals surface area contributed by atoms with Crippen molar-refractivity contribution >= 4 is 34.0 Å². The highest BCUT2D eigenvalue weighted by molar-refractivity contribution is 7.13. The second kappa shape index (κ2) is 7.07. The summed E-state index contributed by atoms with van der Waals surface area (Å²) in [6, 6.07) is 7.37. The van der Waals surface area contributed by atoms with E-state index in [4.69, 9.17) is 4.74 Å². The molecule has 0 radical (unpaired) electrons. The van der Waals surface area contributed by atoms with Crippen LogP contribution in [0.4, 0.5) is 10.8 Å². The molecule has 1 N–H and O–H groups in total. The van der Waals surface area contributed by atoms with Crippen LogP contribution in [0.2, 0.25) is 0 Å². The molecule has 2 heterocycles. The smallest absolute Gasteiger partial charge is 0.267 e. The highest BCUT2D eigenvalue weighted by Gasteiger charge is 2.31. The third kappa shape index (κ3) is 3.88. The molecule has 0 aliphatic carbocycles. The lowest BCUT2D eigenvalue weighted by Crippen LogP contribution is -2.45. The number of hydrogen-bond donors (Lipinski definition) is 1. The van der Waals surface area contributed by atoms with E-state index in [0.717, 1.165) is 5.69 Å². The van der Waals surface area contributed by atoms with Crippen molar-refractivity contribution in [3.8, 4) is 5.75 Å². The van der Waals surface area contributed by atoms with Crippen molar-refractivity contribution < 1.29 is 14.3 Å². The summed E-state index contributed by atoms with van der Waals surface area (Å²) in [7, 11) is 0. The number of nitrogens with zero attached hydrogens (tertiary/aromatic N) is 2. The van der Waals surface area contributed by atoms with Crippen LogP contribution < -0.4 is 15.0 Å². The first-order chi connectivity index (χ1) is 12.3.